The average Bonchev–Trinajstić information content (AvgIpc) is 2.67. The van der Waals surface area contributed by atoms with Gasteiger partial charge in [0, 0.05) is 24.8 Å². The molecule has 0 bridgehead atoms. The molecule has 28 heavy (non-hydrogen) atoms. The van der Waals surface area contributed by atoms with Crippen molar-refractivity contribution in [2.75, 3.05) is 11.9 Å². The van der Waals surface area contributed by atoms with E-state index in [0.717, 1.165) is 12.1 Å². The molecule has 0 fully saturated rings. The lowest BCUT2D eigenvalue weighted by molar-refractivity contribution is -0.137. The van der Waals surface area contributed by atoms with E-state index in [-0.39, 0.29) is 17.8 Å². The summed E-state index contributed by atoms with van der Waals surface area (Å²) in [5.74, 6) is 0. The maximum Gasteiger partial charge on any atom is 0.416 e. The molecule has 1 aromatic carbocycles. The lowest BCUT2D eigenvalue weighted by atomic mass is 10.1. The van der Waals surface area contributed by atoms with E-state index in [1.54, 1.807) is 24.4 Å². The van der Waals surface area contributed by atoms with Crippen molar-refractivity contribution in [2.24, 2.45) is 0 Å². The number of rotatable bonds is 1. The Morgan fingerprint density at radius 2 is 1.96 bits per heavy atom. The summed E-state index contributed by atoms with van der Waals surface area (Å²) < 4.78 is 39.9. The molecule has 2 aromatic heterocycles. The summed E-state index contributed by atoms with van der Waals surface area (Å²) in [6, 6.07) is 9.08. The van der Waals surface area contributed by atoms with Crippen LogP contribution < -0.4 is 10.9 Å². The molecular weight excluding hydrogens is 373 g/mol. The summed E-state index contributed by atoms with van der Waals surface area (Å²) in [6.45, 7) is 0.358. The predicted molar refractivity (Wildman–Crippen MR) is 96.0 cm³/mol. The molecule has 2 amide bonds. The Kier molecular flexibility index (Phi) is 4.29. The van der Waals surface area contributed by atoms with Crippen LogP contribution >= 0.6 is 0 Å². The Hall–Kier alpha value is -3.36. The normalized spacial score (nSPS) is 14.0. The van der Waals surface area contributed by atoms with Gasteiger partial charge in [-0.1, -0.05) is 12.1 Å². The largest absolute Gasteiger partial charge is 0.416 e. The second-order valence-electron chi connectivity index (χ2n) is 6.45. The van der Waals surface area contributed by atoms with Crippen molar-refractivity contribution in [1.82, 2.24) is 14.3 Å². The maximum absolute atomic E-state index is 12.8. The Bertz CT molecular complexity index is 1120. The molecule has 0 unspecified atom stereocenters. The standard InChI is InChI=1S/C19H15F3N4O2/c20-19(21,22)12-4-3-5-13(10-12)23-18(28)25-9-7-15-14(11-25)17(27)26-8-2-1-6-16(26)24-15/h1-6,8,10H,7,9,11H2,(H,23,28). The number of carbonyl (C=O) groups is 1. The number of fused-ring (bicyclic) bond motifs is 2. The van der Waals surface area contributed by atoms with Crippen LogP contribution in [-0.2, 0) is 19.1 Å². The fourth-order valence-electron chi connectivity index (χ4n) is 3.20. The Labute approximate surface area is 157 Å². The number of pyridine rings is 1. The van der Waals surface area contributed by atoms with Crippen molar-refractivity contribution in [3.63, 3.8) is 0 Å². The van der Waals surface area contributed by atoms with Gasteiger partial charge >= 0.3 is 12.2 Å². The zero-order valence-corrected chi connectivity index (χ0v) is 14.5. The van der Waals surface area contributed by atoms with Crippen LogP contribution in [0.25, 0.3) is 5.65 Å². The van der Waals surface area contributed by atoms with Gasteiger partial charge < -0.3 is 10.2 Å². The summed E-state index contributed by atoms with van der Waals surface area (Å²) in [4.78, 5) is 31.1. The fraction of sp³-hybridized carbons (Fsp3) is 0.211. The molecule has 3 heterocycles. The highest BCUT2D eigenvalue weighted by atomic mass is 19.4. The van der Waals surface area contributed by atoms with Crippen molar-refractivity contribution in [3.8, 4) is 0 Å². The minimum atomic E-state index is -4.49. The summed E-state index contributed by atoms with van der Waals surface area (Å²) >= 11 is 0. The zero-order valence-electron chi connectivity index (χ0n) is 14.5. The van der Waals surface area contributed by atoms with Crippen LogP contribution in [0.1, 0.15) is 16.8 Å². The van der Waals surface area contributed by atoms with Gasteiger partial charge in [-0.25, -0.2) is 9.78 Å². The van der Waals surface area contributed by atoms with Crippen molar-refractivity contribution in [1.29, 1.82) is 0 Å². The highest BCUT2D eigenvalue weighted by Gasteiger charge is 2.31. The second-order valence-corrected chi connectivity index (χ2v) is 6.45. The first kappa shape index (κ1) is 18.0. The van der Waals surface area contributed by atoms with Crippen LogP contribution in [0.5, 0.6) is 0 Å². The van der Waals surface area contributed by atoms with Crippen LogP contribution in [0.4, 0.5) is 23.7 Å². The first-order chi connectivity index (χ1) is 13.3. The lowest BCUT2D eigenvalue weighted by Gasteiger charge is -2.28. The number of urea groups is 1. The van der Waals surface area contributed by atoms with E-state index in [2.05, 4.69) is 10.3 Å². The summed E-state index contributed by atoms with van der Waals surface area (Å²) in [5, 5.41) is 2.47. The number of aromatic nitrogens is 2. The topological polar surface area (TPSA) is 66.7 Å². The third-order valence-corrected chi connectivity index (χ3v) is 4.61. The average molecular weight is 388 g/mol. The monoisotopic (exact) mass is 388 g/mol. The molecule has 0 aliphatic carbocycles. The Morgan fingerprint density at radius 3 is 2.75 bits per heavy atom. The number of benzene rings is 1. The molecule has 6 nitrogen and oxygen atoms in total. The number of hydrogen-bond acceptors (Lipinski definition) is 3. The lowest BCUT2D eigenvalue weighted by Crippen LogP contribution is -2.42. The van der Waals surface area contributed by atoms with Crippen molar-refractivity contribution < 1.29 is 18.0 Å². The molecule has 0 saturated heterocycles. The number of amides is 2. The summed E-state index contributed by atoms with van der Waals surface area (Å²) in [5.41, 5.74) is 0.529. The van der Waals surface area contributed by atoms with Gasteiger partial charge in [-0.3, -0.25) is 9.20 Å². The zero-order chi connectivity index (χ0) is 19.9. The van der Waals surface area contributed by atoms with E-state index >= 15 is 0 Å². The number of alkyl halides is 3. The molecule has 4 rings (SSSR count). The maximum atomic E-state index is 12.8. The number of halogens is 3. The van der Waals surface area contributed by atoms with E-state index in [1.165, 1.54) is 21.4 Å². The summed E-state index contributed by atoms with van der Waals surface area (Å²) in [7, 11) is 0. The van der Waals surface area contributed by atoms with E-state index in [1.807, 2.05) is 0 Å². The Morgan fingerprint density at radius 1 is 1.14 bits per heavy atom. The van der Waals surface area contributed by atoms with E-state index in [9.17, 15) is 22.8 Å². The first-order valence-electron chi connectivity index (χ1n) is 8.55. The number of nitrogens with one attached hydrogen (secondary N) is 1. The van der Waals surface area contributed by atoms with Gasteiger partial charge in [0.25, 0.3) is 5.56 Å². The minimum absolute atomic E-state index is 0.0407. The van der Waals surface area contributed by atoms with Crippen LogP contribution in [0.3, 0.4) is 0 Å². The van der Waals surface area contributed by atoms with E-state index < -0.39 is 17.8 Å². The smallest absolute Gasteiger partial charge is 0.320 e. The quantitative estimate of drug-likeness (QED) is 0.696. The van der Waals surface area contributed by atoms with Gasteiger partial charge in [-0.2, -0.15) is 13.2 Å². The number of hydrogen-bond donors (Lipinski definition) is 1. The van der Waals surface area contributed by atoms with Gasteiger partial charge in [0.15, 0.2) is 0 Å². The van der Waals surface area contributed by atoms with Crippen LogP contribution in [-0.4, -0.2) is 26.9 Å². The summed E-state index contributed by atoms with van der Waals surface area (Å²) in [6.07, 6.45) is -2.50. The molecule has 144 valence electrons. The van der Waals surface area contributed by atoms with Crippen LogP contribution in [0.2, 0.25) is 0 Å². The van der Waals surface area contributed by atoms with Crippen molar-refractivity contribution in [2.45, 2.75) is 19.1 Å². The highest BCUT2D eigenvalue weighted by molar-refractivity contribution is 5.89. The Balaban J connectivity index is 1.57. The number of anilines is 1. The number of carbonyl (C=O) groups excluding carboxylic acids is 1. The van der Waals surface area contributed by atoms with Gasteiger partial charge in [-0.05, 0) is 30.3 Å². The fourth-order valence-corrected chi connectivity index (χ4v) is 3.20. The second kappa shape index (κ2) is 6.66. The van der Waals surface area contributed by atoms with Gasteiger partial charge in [-0.15, -0.1) is 0 Å². The molecule has 0 saturated carbocycles. The molecule has 3 aromatic rings. The molecule has 0 atom stereocenters. The molecular formula is C19H15F3N4O2. The SMILES string of the molecule is O=C(Nc1cccc(C(F)(F)F)c1)N1CCc2nc3ccccn3c(=O)c2C1. The predicted octanol–water partition coefficient (Wildman–Crippen LogP) is 3.30. The van der Waals surface area contributed by atoms with Gasteiger partial charge in [0.2, 0.25) is 0 Å². The van der Waals surface area contributed by atoms with E-state index in [0.29, 0.717) is 29.9 Å². The molecule has 1 N–H and O–H groups in total. The van der Waals surface area contributed by atoms with Crippen LogP contribution in [0, 0.1) is 0 Å². The van der Waals surface area contributed by atoms with Gasteiger partial charge in [0.05, 0.1) is 23.4 Å². The minimum Gasteiger partial charge on any atom is -0.320 e. The highest BCUT2D eigenvalue weighted by Crippen LogP contribution is 2.30. The van der Waals surface area contributed by atoms with E-state index in [4.69, 9.17) is 0 Å². The molecule has 0 spiro atoms. The molecule has 0 radical (unpaired) electrons. The van der Waals surface area contributed by atoms with Crippen molar-refractivity contribution >= 4 is 17.4 Å². The van der Waals surface area contributed by atoms with Crippen molar-refractivity contribution in [3.05, 3.63) is 75.8 Å². The molecule has 1 aliphatic heterocycles. The molecule has 1 aliphatic rings. The van der Waals surface area contributed by atoms with Gasteiger partial charge in [0.1, 0.15) is 5.65 Å². The molecule has 9 heteroatoms. The van der Waals surface area contributed by atoms with Crippen LogP contribution in [0.15, 0.2) is 53.5 Å². The third kappa shape index (κ3) is 3.30. The number of nitrogens with zero attached hydrogens (tertiary/aromatic N) is 3. The first-order valence-corrected chi connectivity index (χ1v) is 8.55. The third-order valence-electron chi connectivity index (χ3n) is 4.61.